The molecule has 0 aliphatic carbocycles. The Kier molecular flexibility index (Phi) is 7.44. The van der Waals surface area contributed by atoms with Crippen molar-refractivity contribution >= 4 is 17.5 Å². The predicted octanol–water partition coefficient (Wildman–Crippen LogP) is 3.47. The minimum atomic E-state index is -0.824. The summed E-state index contributed by atoms with van der Waals surface area (Å²) < 4.78 is 38.3. The maximum atomic E-state index is 14.0. The van der Waals surface area contributed by atoms with E-state index in [2.05, 4.69) is 5.32 Å². The molecular formula is C23H26F2N2O4. The smallest absolute Gasteiger partial charge is 0.227 e. The molecule has 3 rings (SSSR count). The number of hydrogen-bond acceptors (Lipinski definition) is 4. The van der Waals surface area contributed by atoms with Crippen molar-refractivity contribution < 1.29 is 27.8 Å². The minimum Gasteiger partial charge on any atom is -0.490 e. The molecule has 166 valence electrons. The molecule has 0 aromatic heterocycles. The molecule has 6 nitrogen and oxygen atoms in total. The first kappa shape index (κ1) is 22.5. The molecule has 2 amide bonds. The third kappa shape index (κ3) is 5.51. The summed E-state index contributed by atoms with van der Waals surface area (Å²) in [7, 11) is 0. The Hall–Kier alpha value is -3.16. The van der Waals surface area contributed by atoms with Crippen LogP contribution in [0.4, 0.5) is 14.5 Å². The van der Waals surface area contributed by atoms with E-state index in [1.54, 1.807) is 0 Å². The fourth-order valence-corrected chi connectivity index (χ4v) is 3.54. The summed E-state index contributed by atoms with van der Waals surface area (Å²) >= 11 is 0. The zero-order valence-corrected chi connectivity index (χ0v) is 17.6. The Balaban J connectivity index is 1.55. The molecule has 1 atom stereocenters. The maximum Gasteiger partial charge on any atom is 0.227 e. The second kappa shape index (κ2) is 10.2. The van der Waals surface area contributed by atoms with E-state index in [1.807, 2.05) is 32.0 Å². The topological polar surface area (TPSA) is 67.9 Å². The van der Waals surface area contributed by atoms with Crippen LogP contribution in [-0.4, -0.2) is 38.1 Å². The first-order chi connectivity index (χ1) is 14.9. The van der Waals surface area contributed by atoms with Gasteiger partial charge in [-0.2, -0.15) is 0 Å². The Labute approximate surface area is 180 Å². The number of rotatable bonds is 9. The van der Waals surface area contributed by atoms with Crippen LogP contribution in [0.1, 0.15) is 25.8 Å². The number of nitrogens with one attached hydrogen (secondary N) is 1. The molecule has 0 radical (unpaired) electrons. The number of hydrogen-bond donors (Lipinski definition) is 1. The monoisotopic (exact) mass is 432 g/mol. The first-order valence-electron chi connectivity index (χ1n) is 10.3. The van der Waals surface area contributed by atoms with Gasteiger partial charge in [-0.1, -0.05) is 6.07 Å². The van der Waals surface area contributed by atoms with Gasteiger partial charge in [-0.05, 0) is 50.1 Å². The number of halogens is 2. The molecule has 2 aromatic rings. The van der Waals surface area contributed by atoms with Gasteiger partial charge in [0.25, 0.3) is 0 Å². The predicted molar refractivity (Wildman–Crippen MR) is 112 cm³/mol. The average molecular weight is 432 g/mol. The van der Waals surface area contributed by atoms with Crippen LogP contribution in [-0.2, 0) is 16.0 Å². The zero-order valence-electron chi connectivity index (χ0n) is 17.6. The molecule has 0 spiro atoms. The van der Waals surface area contributed by atoms with Crippen molar-refractivity contribution in [3.8, 4) is 11.5 Å². The molecule has 1 aliphatic rings. The number of nitrogens with zero attached hydrogens (tertiary/aromatic N) is 1. The first-order valence-corrected chi connectivity index (χ1v) is 10.3. The molecule has 1 aliphatic heterocycles. The fourth-order valence-electron chi connectivity index (χ4n) is 3.54. The molecule has 31 heavy (non-hydrogen) atoms. The number of ether oxygens (including phenoxy) is 2. The lowest BCUT2D eigenvalue weighted by Gasteiger charge is -2.17. The summed E-state index contributed by atoms with van der Waals surface area (Å²) in [5.74, 6) is -1.43. The molecule has 1 N–H and O–H groups in total. The van der Waals surface area contributed by atoms with Crippen molar-refractivity contribution in [2.75, 3.05) is 31.2 Å². The van der Waals surface area contributed by atoms with Gasteiger partial charge in [-0.15, -0.1) is 0 Å². The van der Waals surface area contributed by atoms with E-state index in [0.29, 0.717) is 37.7 Å². The van der Waals surface area contributed by atoms with Gasteiger partial charge in [0.15, 0.2) is 11.5 Å². The molecule has 0 saturated carbocycles. The van der Waals surface area contributed by atoms with Crippen LogP contribution in [0.2, 0.25) is 0 Å². The van der Waals surface area contributed by atoms with Crippen molar-refractivity contribution in [1.29, 1.82) is 0 Å². The molecule has 1 unspecified atom stereocenters. The second-order valence-electron chi connectivity index (χ2n) is 7.19. The summed E-state index contributed by atoms with van der Waals surface area (Å²) in [5, 5.41) is 2.84. The van der Waals surface area contributed by atoms with Crippen LogP contribution in [0.3, 0.4) is 0 Å². The third-order valence-electron chi connectivity index (χ3n) is 5.02. The Morgan fingerprint density at radius 3 is 2.55 bits per heavy atom. The number of benzene rings is 2. The largest absolute Gasteiger partial charge is 0.490 e. The lowest BCUT2D eigenvalue weighted by atomic mass is 10.1. The lowest BCUT2D eigenvalue weighted by molar-refractivity contribution is -0.126. The molecule has 2 aromatic carbocycles. The highest BCUT2D eigenvalue weighted by Gasteiger charge is 2.36. The minimum absolute atomic E-state index is 0.0137. The third-order valence-corrected chi connectivity index (χ3v) is 5.02. The summed E-state index contributed by atoms with van der Waals surface area (Å²) in [6.45, 7) is 5.29. The van der Waals surface area contributed by atoms with Crippen LogP contribution < -0.4 is 19.7 Å². The van der Waals surface area contributed by atoms with Crippen LogP contribution in [0.15, 0.2) is 36.4 Å². The summed E-state index contributed by atoms with van der Waals surface area (Å²) in [6.07, 6.45) is 0.565. The van der Waals surface area contributed by atoms with E-state index in [4.69, 9.17) is 9.47 Å². The van der Waals surface area contributed by atoms with Crippen LogP contribution >= 0.6 is 0 Å². The fraction of sp³-hybridized carbons (Fsp3) is 0.391. The van der Waals surface area contributed by atoms with E-state index in [0.717, 1.165) is 17.7 Å². The molecular weight excluding hydrogens is 406 g/mol. The highest BCUT2D eigenvalue weighted by Crippen LogP contribution is 2.29. The Morgan fingerprint density at radius 2 is 1.84 bits per heavy atom. The van der Waals surface area contributed by atoms with E-state index in [1.165, 1.54) is 11.0 Å². The normalized spacial score (nSPS) is 15.8. The quantitative estimate of drug-likeness (QED) is 0.659. The molecule has 0 bridgehead atoms. The second-order valence-corrected chi connectivity index (χ2v) is 7.19. The van der Waals surface area contributed by atoms with E-state index in [9.17, 15) is 18.4 Å². The van der Waals surface area contributed by atoms with Crippen LogP contribution in [0.5, 0.6) is 11.5 Å². The van der Waals surface area contributed by atoms with Crippen molar-refractivity contribution in [3.05, 3.63) is 53.6 Å². The number of carbonyl (C=O) groups excluding carboxylic acids is 2. The molecule has 8 heteroatoms. The zero-order chi connectivity index (χ0) is 22.4. The Morgan fingerprint density at radius 1 is 1.10 bits per heavy atom. The highest BCUT2D eigenvalue weighted by molar-refractivity contribution is 6.00. The van der Waals surface area contributed by atoms with Gasteiger partial charge in [0.2, 0.25) is 11.8 Å². The highest BCUT2D eigenvalue weighted by atomic mass is 19.1. The van der Waals surface area contributed by atoms with Gasteiger partial charge in [-0.3, -0.25) is 9.59 Å². The van der Waals surface area contributed by atoms with Gasteiger partial charge in [-0.25, -0.2) is 8.78 Å². The van der Waals surface area contributed by atoms with Crippen molar-refractivity contribution in [1.82, 2.24) is 5.32 Å². The molecule has 1 fully saturated rings. The Bertz CT molecular complexity index is 951. The maximum absolute atomic E-state index is 14.0. The van der Waals surface area contributed by atoms with Gasteiger partial charge >= 0.3 is 0 Å². The van der Waals surface area contributed by atoms with Gasteiger partial charge in [0.05, 0.1) is 24.8 Å². The summed E-state index contributed by atoms with van der Waals surface area (Å²) in [4.78, 5) is 26.0. The number of anilines is 1. The van der Waals surface area contributed by atoms with Crippen molar-refractivity contribution in [2.24, 2.45) is 5.92 Å². The standard InChI is InChI=1S/C23H26F2N2O4/c1-3-30-20-8-5-15(11-21(20)31-4-2)9-10-26-23(29)16-12-22(28)27(14-16)19-7-6-17(24)13-18(19)25/h5-8,11,13,16H,3-4,9-10,12,14H2,1-2H3,(H,26,29). The molecule has 1 heterocycles. The van der Waals surface area contributed by atoms with Crippen molar-refractivity contribution in [2.45, 2.75) is 26.7 Å². The van der Waals surface area contributed by atoms with Crippen LogP contribution in [0.25, 0.3) is 0 Å². The lowest BCUT2D eigenvalue weighted by Crippen LogP contribution is -2.34. The van der Waals surface area contributed by atoms with Gasteiger partial charge in [0, 0.05) is 25.6 Å². The summed E-state index contributed by atoms with van der Waals surface area (Å²) in [5.41, 5.74) is 0.962. The van der Waals surface area contributed by atoms with Gasteiger partial charge < -0.3 is 19.7 Å². The van der Waals surface area contributed by atoms with Crippen LogP contribution in [0, 0.1) is 17.6 Å². The number of amides is 2. The van der Waals surface area contributed by atoms with E-state index in [-0.39, 0.29) is 30.5 Å². The van der Waals surface area contributed by atoms with Gasteiger partial charge in [0.1, 0.15) is 11.6 Å². The molecule has 1 saturated heterocycles. The SMILES string of the molecule is CCOc1ccc(CCNC(=O)C2CC(=O)N(c3ccc(F)cc3F)C2)cc1OCC. The van der Waals surface area contributed by atoms with E-state index >= 15 is 0 Å². The van der Waals surface area contributed by atoms with E-state index < -0.39 is 17.6 Å². The average Bonchev–Trinajstić information content (AvgIpc) is 3.11. The summed E-state index contributed by atoms with van der Waals surface area (Å²) in [6, 6.07) is 8.67. The van der Waals surface area contributed by atoms with Crippen molar-refractivity contribution in [3.63, 3.8) is 0 Å². The number of carbonyl (C=O) groups is 2.